The van der Waals surface area contributed by atoms with Crippen molar-refractivity contribution in [2.24, 2.45) is 0 Å². The molecule has 0 aromatic carbocycles. The summed E-state index contributed by atoms with van der Waals surface area (Å²) in [5, 5.41) is 10.8. The van der Waals surface area contributed by atoms with Gasteiger partial charge in [-0.3, -0.25) is 4.79 Å². The molecule has 0 spiro atoms. The summed E-state index contributed by atoms with van der Waals surface area (Å²) in [5.41, 5.74) is 1.08. The van der Waals surface area contributed by atoms with Crippen LogP contribution in [0, 0.1) is 0 Å². The van der Waals surface area contributed by atoms with Gasteiger partial charge in [-0.15, -0.1) is 0 Å². The standard InChI is InChI=1S/C14H23N3O/c1-2-14(18)15-11-7-5-3-4-6-9-13-10-8-12-16-17-13/h8,10,12H,2-7,9,11H2,1H3,(H,15,18). The number of carbonyl (C=O) groups is 1. The normalized spacial score (nSPS) is 10.3. The van der Waals surface area contributed by atoms with E-state index in [1.165, 1.54) is 25.7 Å². The highest BCUT2D eigenvalue weighted by molar-refractivity contribution is 5.75. The molecule has 18 heavy (non-hydrogen) atoms. The van der Waals surface area contributed by atoms with Crippen LogP contribution in [0.25, 0.3) is 0 Å². The lowest BCUT2D eigenvalue weighted by Gasteiger charge is -2.03. The van der Waals surface area contributed by atoms with E-state index in [1.54, 1.807) is 6.20 Å². The number of rotatable bonds is 9. The molecule has 1 aromatic heterocycles. The molecule has 0 aliphatic rings. The zero-order valence-corrected chi connectivity index (χ0v) is 11.2. The number of hydrogen-bond donors (Lipinski definition) is 1. The number of nitrogens with one attached hydrogen (secondary N) is 1. The van der Waals surface area contributed by atoms with E-state index >= 15 is 0 Å². The summed E-state index contributed by atoms with van der Waals surface area (Å²) in [5.74, 6) is 0.151. The van der Waals surface area contributed by atoms with Crippen LogP contribution in [-0.2, 0) is 11.2 Å². The average Bonchev–Trinajstić information content (AvgIpc) is 2.42. The summed E-state index contributed by atoms with van der Waals surface area (Å²) >= 11 is 0. The summed E-state index contributed by atoms with van der Waals surface area (Å²) in [6, 6.07) is 3.95. The molecule has 4 heteroatoms. The van der Waals surface area contributed by atoms with E-state index in [2.05, 4.69) is 15.5 Å². The fourth-order valence-electron chi connectivity index (χ4n) is 1.78. The van der Waals surface area contributed by atoms with Gasteiger partial charge in [-0.05, 0) is 31.4 Å². The van der Waals surface area contributed by atoms with Gasteiger partial charge < -0.3 is 5.32 Å². The third-order valence-corrected chi connectivity index (χ3v) is 2.88. The zero-order chi connectivity index (χ0) is 13.1. The van der Waals surface area contributed by atoms with Crippen LogP contribution in [0.1, 0.15) is 51.1 Å². The molecule has 0 unspecified atom stereocenters. The van der Waals surface area contributed by atoms with E-state index in [4.69, 9.17) is 0 Å². The van der Waals surface area contributed by atoms with Crippen LogP contribution in [0.2, 0.25) is 0 Å². The van der Waals surface area contributed by atoms with Crippen molar-refractivity contribution in [2.45, 2.75) is 51.9 Å². The third-order valence-electron chi connectivity index (χ3n) is 2.88. The van der Waals surface area contributed by atoms with Gasteiger partial charge in [0.05, 0.1) is 5.69 Å². The second-order valence-electron chi connectivity index (χ2n) is 4.44. The predicted molar refractivity (Wildman–Crippen MR) is 72.1 cm³/mol. The summed E-state index contributed by atoms with van der Waals surface area (Å²) in [6.45, 7) is 2.69. The molecular formula is C14H23N3O. The molecule has 0 radical (unpaired) electrons. The fourth-order valence-corrected chi connectivity index (χ4v) is 1.78. The van der Waals surface area contributed by atoms with Crippen LogP contribution in [0.15, 0.2) is 18.3 Å². The van der Waals surface area contributed by atoms with Gasteiger partial charge in [0.1, 0.15) is 0 Å². The first kappa shape index (κ1) is 14.6. The SMILES string of the molecule is CCC(=O)NCCCCCCCc1cccnn1. The Morgan fingerprint density at radius 2 is 2.00 bits per heavy atom. The maximum atomic E-state index is 11.0. The summed E-state index contributed by atoms with van der Waals surface area (Å²) in [6.07, 6.45) is 9.18. The topological polar surface area (TPSA) is 54.9 Å². The third kappa shape index (κ3) is 6.99. The number of aryl methyl sites for hydroxylation is 1. The van der Waals surface area contributed by atoms with Crippen LogP contribution in [0.4, 0.5) is 0 Å². The van der Waals surface area contributed by atoms with Crippen LogP contribution < -0.4 is 5.32 Å². The Labute approximate surface area is 109 Å². The molecule has 4 nitrogen and oxygen atoms in total. The van der Waals surface area contributed by atoms with Gasteiger partial charge in [-0.25, -0.2) is 0 Å². The minimum absolute atomic E-state index is 0.151. The maximum absolute atomic E-state index is 11.0. The molecule has 1 N–H and O–H groups in total. The number of unbranched alkanes of at least 4 members (excludes halogenated alkanes) is 4. The largest absolute Gasteiger partial charge is 0.356 e. The lowest BCUT2D eigenvalue weighted by atomic mass is 10.1. The Kier molecular flexibility index (Phi) is 7.77. The Balaban J connectivity index is 1.89. The van der Waals surface area contributed by atoms with Crippen molar-refractivity contribution in [3.05, 3.63) is 24.0 Å². The molecule has 0 saturated carbocycles. The number of carbonyl (C=O) groups excluding carboxylic acids is 1. The van der Waals surface area contributed by atoms with Crippen LogP contribution in [0.3, 0.4) is 0 Å². The highest BCUT2D eigenvalue weighted by atomic mass is 16.1. The molecule has 1 aromatic rings. The van der Waals surface area contributed by atoms with Gasteiger partial charge in [0, 0.05) is 19.2 Å². The molecule has 0 bridgehead atoms. The molecule has 100 valence electrons. The highest BCUT2D eigenvalue weighted by Crippen LogP contribution is 2.06. The van der Waals surface area contributed by atoms with Crippen molar-refractivity contribution in [3.8, 4) is 0 Å². The van der Waals surface area contributed by atoms with E-state index < -0.39 is 0 Å². The average molecular weight is 249 g/mol. The predicted octanol–water partition coefficient (Wildman–Crippen LogP) is 2.50. The maximum Gasteiger partial charge on any atom is 0.219 e. The Morgan fingerprint density at radius 1 is 1.22 bits per heavy atom. The van der Waals surface area contributed by atoms with Crippen LogP contribution in [-0.4, -0.2) is 22.6 Å². The fraction of sp³-hybridized carbons (Fsp3) is 0.643. The van der Waals surface area contributed by atoms with Gasteiger partial charge in [0.2, 0.25) is 5.91 Å². The molecular weight excluding hydrogens is 226 g/mol. The lowest BCUT2D eigenvalue weighted by molar-refractivity contribution is -0.120. The Morgan fingerprint density at radius 3 is 2.72 bits per heavy atom. The monoisotopic (exact) mass is 249 g/mol. The van der Waals surface area contributed by atoms with Gasteiger partial charge in [0.25, 0.3) is 0 Å². The van der Waals surface area contributed by atoms with Crippen molar-refractivity contribution in [3.63, 3.8) is 0 Å². The Hall–Kier alpha value is -1.45. The van der Waals surface area contributed by atoms with Crippen molar-refractivity contribution < 1.29 is 4.79 Å². The van der Waals surface area contributed by atoms with Crippen LogP contribution >= 0.6 is 0 Å². The quantitative estimate of drug-likeness (QED) is 0.684. The van der Waals surface area contributed by atoms with E-state index in [-0.39, 0.29) is 5.91 Å². The molecule has 0 fully saturated rings. The van der Waals surface area contributed by atoms with Crippen molar-refractivity contribution in [1.29, 1.82) is 0 Å². The number of amides is 1. The molecule has 1 rings (SSSR count). The van der Waals surface area contributed by atoms with E-state index in [9.17, 15) is 4.79 Å². The van der Waals surface area contributed by atoms with E-state index in [1.807, 2.05) is 19.1 Å². The van der Waals surface area contributed by atoms with Gasteiger partial charge in [-0.1, -0.05) is 26.2 Å². The van der Waals surface area contributed by atoms with E-state index in [0.717, 1.165) is 25.1 Å². The van der Waals surface area contributed by atoms with Crippen molar-refractivity contribution >= 4 is 5.91 Å². The van der Waals surface area contributed by atoms with Gasteiger partial charge >= 0.3 is 0 Å². The van der Waals surface area contributed by atoms with Crippen LogP contribution in [0.5, 0.6) is 0 Å². The van der Waals surface area contributed by atoms with Gasteiger partial charge in [0.15, 0.2) is 0 Å². The Bertz CT molecular complexity index is 327. The number of hydrogen-bond acceptors (Lipinski definition) is 3. The molecule has 0 aliphatic heterocycles. The minimum Gasteiger partial charge on any atom is -0.356 e. The second kappa shape index (κ2) is 9.57. The highest BCUT2D eigenvalue weighted by Gasteiger charge is 1.97. The summed E-state index contributed by atoms with van der Waals surface area (Å²) in [7, 11) is 0. The first-order valence-corrected chi connectivity index (χ1v) is 6.86. The molecule has 0 aliphatic carbocycles. The first-order chi connectivity index (χ1) is 8.83. The van der Waals surface area contributed by atoms with E-state index in [0.29, 0.717) is 6.42 Å². The zero-order valence-electron chi connectivity index (χ0n) is 11.2. The van der Waals surface area contributed by atoms with Crippen molar-refractivity contribution in [2.75, 3.05) is 6.54 Å². The summed E-state index contributed by atoms with van der Waals surface area (Å²) in [4.78, 5) is 11.0. The first-order valence-electron chi connectivity index (χ1n) is 6.86. The smallest absolute Gasteiger partial charge is 0.219 e. The number of aromatic nitrogens is 2. The minimum atomic E-state index is 0.151. The summed E-state index contributed by atoms with van der Waals surface area (Å²) < 4.78 is 0. The molecule has 1 amide bonds. The lowest BCUT2D eigenvalue weighted by Crippen LogP contribution is -2.23. The molecule has 1 heterocycles. The molecule has 0 saturated heterocycles. The van der Waals surface area contributed by atoms with Gasteiger partial charge in [-0.2, -0.15) is 10.2 Å². The number of nitrogens with zero attached hydrogens (tertiary/aromatic N) is 2. The molecule has 0 atom stereocenters. The van der Waals surface area contributed by atoms with Crippen molar-refractivity contribution in [1.82, 2.24) is 15.5 Å². The second-order valence-corrected chi connectivity index (χ2v) is 4.44.